The van der Waals surface area contributed by atoms with Crippen LogP contribution in [0.3, 0.4) is 0 Å². The smallest absolute Gasteiger partial charge is 0.250 e. The largest absolute Gasteiger partial charge is 0.370 e. The topological polar surface area (TPSA) is 117 Å². The van der Waals surface area contributed by atoms with Gasteiger partial charge < -0.3 is 16.0 Å². The third-order valence-corrected chi connectivity index (χ3v) is 7.22. The summed E-state index contributed by atoms with van der Waals surface area (Å²) in [4.78, 5) is 17.4. The van der Waals surface area contributed by atoms with Crippen molar-refractivity contribution in [3.05, 3.63) is 16.5 Å². The number of aliphatic imine (C=N–C) groups is 1. The van der Waals surface area contributed by atoms with E-state index in [2.05, 4.69) is 19.9 Å². The van der Waals surface area contributed by atoms with Gasteiger partial charge in [0, 0.05) is 39.6 Å². The first kappa shape index (κ1) is 20.9. The van der Waals surface area contributed by atoms with Gasteiger partial charge in [0.25, 0.3) is 0 Å². The normalized spacial score (nSPS) is 18.8. The molecule has 8 nitrogen and oxygen atoms in total. The van der Waals surface area contributed by atoms with Crippen LogP contribution in [0.15, 0.2) is 21.3 Å². The number of halogens is 1. The second kappa shape index (κ2) is 9.54. The second-order valence-corrected chi connectivity index (χ2v) is 9.76. The lowest BCUT2D eigenvalue weighted by atomic mass is 9.95. The Bertz CT molecular complexity index is 750. The molecule has 0 saturated carbocycles. The quantitative estimate of drug-likeness (QED) is 0.342. The van der Waals surface area contributed by atoms with Crippen molar-refractivity contribution in [2.75, 3.05) is 33.2 Å². The molecule has 0 radical (unpaired) electrons. The summed E-state index contributed by atoms with van der Waals surface area (Å²) in [5.41, 5.74) is 5.29. The van der Waals surface area contributed by atoms with Gasteiger partial charge in [-0.25, -0.2) is 13.1 Å². The Kier molecular flexibility index (Phi) is 7.69. The average Bonchev–Trinajstić information content (AvgIpc) is 3.02. The number of thiophene rings is 1. The van der Waals surface area contributed by atoms with Crippen LogP contribution in [-0.4, -0.2) is 58.4 Å². The average molecular weight is 422 g/mol. The van der Waals surface area contributed by atoms with Gasteiger partial charge >= 0.3 is 0 Å². The zero-order valence-corrected chi connectivity index (χ0v) is 17.0. The Morgan fingerprint density at radius 2 is 2.23 bits per heavy atom. The van der Waals surface area contributed by atoms with Crippen LogP contribution in [0, 0.1) is 5.92 Å². The molecule has 1 saturated heterocycles. The van der Waals surface area contributed by atoms with Crippen molar-refractivity contribution in [1.82, 2.24) is 14.9 Å². The van der Waals surface area contributed by atoms with Crippen LogP contribution in [0.2, 0.25) is 4.34 Å². The highest BCUT2D eigenvalue weighted by Crippen LogP contribution is 2.25. The molecule has 1 unspecified atom stereocenters. The van der Waals surface area contributed by atoms with Crippen LogP contribution in [0.5, 0.6) is 0 Å². The van der Waals surface area contributed by atoms with Crippen LogP contribution in [0.25, 0.3) is 0 Å². The molecule has 146 valence electrons. The molecular formula is C15H24ClN5O3S2. The lowest BCUT2D eigenvalue weighted by molar-refractivity contribution is -0.119. The summed E-state index contributed by atoms with van der Waals surface area (Å²) in [6.07, 6.45) is 2.31. The Morgan fingerprint density at radius 3 is 2.85 bits per heavy atom. The van der Waals surface area contributed by atoms with E-state index >= 15 is 0 Å². The van der Waals surface area contributed by atoms with E-state index in [1.807, 2.05) is 0 Å². The molecule has 0 aliphatic carbocycles. The Balaban J connectivity index is 1.81. The number of rotatable bonds is 7. The molecule has 1 atom stereocenters. The minimum Gasteiger partial charge on any atom is -0.370 e. The van der Waals surface area contributed by atoms with E-state index in [0.717, 1.165) is 30.7 Å². The minimum absolute atomic E-state index is 0.192. The predicted octanol–water partition coefficient (Wildman–Crippen LogP) is 0.843. The molecular weight excluding hydrogens is 398 g/mol. The van der Waals surface area contributed by atoms with E-state index in [4.69, 9.17) is 17.3 Å². The molecule has 11 heteroatoms. The Labute approximate surface area is 162 Å². The number of nitrogens with zero attached hydrogens (tertiary/aromatic N) is 2. The summed E-state index contributed by atoms with van der Waals surface area (Å²) in [6.45, 7) is 2.16. The van der Waals surface area contributed by atoms with Crippen molar-refractivity contribution < 1.29 is 13.2 Å². The van der Waals surface area contributed by atoms with Gasteiger partial charge in [-0.2, -0.15) is 0 Å². The molecule has 1 aliphatic heterocycles. The summed E-state index contributed by atoms with van der Waals surface area (Å²) in [5, 5.41) is 3.15. The van der Waals surface area contributed by atoms with Crippen LogP contribution < -0.4 is 15.8 Å². The summed E-state index contributed by atoms with van der Waals surface area (Å²) >= 11 is 6.80. The first-order chi connectivity index (χ1) is 12.3. The molecule has 1 aliphatic rings. The third-order valence-electron chi connectivity index (χ3n) is 4.03. The van der Waals surface area contributed by atoms with Crippen molar-refractivity contribution in [2.45, 2.75) is 23.5 Å². The lowest BCUT2D eigenvalue weighted by Crippen LogP contribution is -2.48. The van der Waals surface area contributed by atoms with E-state index in [0.29, 0.717) is 29.8 Å². The minimum atomic E-state index is -3.55. The highest BCUT2D eigenvalue weighted by atomic mass is 35.5. The van der Waals surface area contributed by atoms with E-state index in [-0.39, 0.29) is 22.6 Å². The highest BCUT2D eigenvalue weighted by molar-refractivity contribution is 7.91. The molecule has 2 heterocycles. The van der Waals surface area contributed by atoms with Gasteiger partial charge in [-0.05, 0) is 30.9 Å². The van der Waals surface area contributed by atoms with E-state index in [1.165, 1.54) is 6.07 Å². The van der Waals surface area contributed by atoms with Gasteiger partial charge in [0.15, 0.2) is 5.96 Å². The maximum absolute atomic E-state index is 12.1. The fourth-order valence-corrected chi connectivity index (χ4v) is 5.47. The van der Waals surface area contributed by atoms with Crippen LogP contribution in [0.1, 0.15) is 19.3 Å². The second-order valence-electron chi connectivity index (χ2n) is 6.06. The zero-order chi connectivity index (χ0) is 19.2. The number of hydrogen-bond acceptors (Lipinski definition) is 5. The Hall–Kier alpha value is -1.36. The van der Waals surface area contributed by atoms with Gasteiger partial charge in [-0.15, -0.1) is 11.3 Å². The van der Waals surface area contributed by atoms with E-state index in [9.17, 15) is 13.2 Å². The zero-order valence-electron chi connectivity index (χ0n) is 14.6. The predicted molar refractivity (Wildman–Crippen MR) is 104 cm³/mol. The van der Waals surface area contributed by atoms with Gasteiger partial charge in [0.2, 0.25) is 15.9 Å². The van der Waals surface area contributed by atoms with Crippen LogP contribution in [0.4, 0.5) is 0 Å². The molecule has 1 aromatic rings. The molecule has 0 bridgehead atoms. The number of hydrogen-bond donors (Lipinski definition) is 3. The van der Waals surface area contributed by atoms with Crippen molar-refractivity contribution >= 4 is 44.8 Å². The number of amides is 1. The lowest BCUT2D eigenvalue weighted by Gasteiger charge is -2.34. The van der Waals surface area contributed by atoms with Crippen LogP contribution in [-0.2, 0) is 14.8 Å². The van der Waals surface area contributed by atoms with Crippen molar-refractivity contribution in [3.8, 4) is 0 Å². The number of carbonyl (C=O) groups excluding carboxylic acids is 1. The van der Waals surface area contributed by atoms with Gasteiger partial charge in [-0.3, -0.25) is 9.79 Å². The summed E-state index contributed by atoms with van der Waals surface area (Å²) in [7, 11) is -1.87. The standard InChI is InChI=1S/C15H24ClN5O3S2/c1-18-15(21-8-2-3-11(10-21)9-13(17)22)19-6-7-20-26(23,24)14-5-4-12(16)25-14/h4-5,11,20H,2-3,6-10H2,1H3,(H2,17,22)(H,18,19). The molecule has 0 aromatic carbocycles. The maximum Gasteiger partial charge on any atom is 0.250 e. The van der Waals surface area contributed by atoms with Crippen molar-refractivity contribution in [2.24, 2.45) is 16.6 Å². The number of piperidine rings is 1. The van der Waals surface area contributed by atoms with E-state index < -0.39 is 10.0 Å². The molecule has 1 fully saturated rings. The number of guanidine groups is 1. The van der Waals surface area contributed by atoms with Crippen molar-refractivity contribution in [1.29, 1.82) is 0 Å². The first-order valence-electron chi connectivity index (χ1n) is 8.30. The summed E-state index contributed by atoms with van der Waals surface area (Å²) in [5.74, 6) is 0.627. The summed E-state index contributed by atoms with van der Waals surface area (Å²) < 4.78 is 27.4. The molecule has 1 aromatic heterocycles. The fraction of sp³-hybridized carbons (Fsp3) is 0.600. The Morgan fingerprint density at radius 1 is 1.46 bits per heavy atom. The van der Waals surface area contributed by atoms with Gasteiger partial charge in [0.1, 0.15) is 4.21 Å². The fourth-order valence-electron chi connectivity index (χ4n) is 2.91. The number of primary amides is 1. The summed E-state index contributed by atoms with van der Waals surface area (Å²) in [6, 6.07) is 3.04. The highest BCUT2D eigenvalue weighted by Gasteiger charge is 2.23. The first-order valence-corrected chi connectivity index (χ1v) is 11.0. The monoisotopic (exact) mass is 421 g/mol. The van der Waals surface area contributed by atoms with Gasteiger partial charge in [-0.1, -0.05) is 11.6 Å². The number of carbonyl (C=O) groups is 1. The van der Waals surface area contributed by atoms with Crippen LogP contribution >= 0.6 is 22.9 Å². The molecule has 4 N–H and O–H groups in total. The number of nitrogens with two attached hydrogens (primary N) is 1. The number of sulfonamides is 1. The molecule has 1 amide bonds. The molecule has 26 heavy (non-hydrogen) atoms. The van der Waals surface area contributed by atoms with Gasteiger partial charge in [0.05, 0.1) is 4.34 Å². The van der Waals surface area contributed by atoms with Crippen molar-refractivity contribution in [3.63, 3.8) is 0 Å². The molecule has 0 spiro atoms. The SMILES string of the molecule is CN=C(NCCNS(=O)(=O)c1ccc(Cl)s1)N1CCCC(CC(N)=O)C1. The maximum atomic E-state index is 12.1. The third kappa shape index (κ3) is 6.11. The number of likely N-dealkylation sites (tertiary alicyclic amines) is 1. The van der Waals surface area contributed by atoms with E-state index in [1.54, 1.807) is 13.1 Å². The molecule has 2 rings (SSSR count). The number of nitrogens with one attached hydrogen (secondary N) is 2.